The number of ether oxygens (including phenoxy) is 1. The predicted octanol–water partition coefficient (Wildman–Crippen LogP) is 7.04. The van der Waals surface area contributed by atoms with Crippen molar-refractivity contribution < 1.29 is 17.9 Å². The Balaban J connectivity index is 1.26. The first-order chi connectivity index (χ1) is 17.0. The van der Waals surface area contributed by atoms with Crippen LogP contribution in [0, 0.1) is 17.5 Å². The van der Waals surface area contributed by atoms with Gasteiger partial charge in [-0.15, -0.1) is 0 Å². The average molecular weight is 475 g/mol. The van der Waals surface area contributed by atoms with E-state index >= 15 is 0 Å². The Morgan fingerprint density at radius 3 is 2.17 bits per heavy atom. The number of halogens is 3. The van der Waals surface area contributed by atoms with Gasteiger partial charge in [0.1, 0.15) is 11.9 Å². The fourth-order valence-corrected chi connectivity index (χ4v) is 4.21. The van der Waals surface area contributed by atoms with E-state index in [1.54, 1.807) is 24.5 Å². The van der Waals surface area contributed by atoms with Crippen LogP contribution in [0.2, 0.25) is 0 Å². The van der Waals surface area contributed by atoms with Gasteiger partial charge >= 0.3 is 0 Å². The molecule has 5 rings (SSSR count). The molecule has 0 aliphatic carbocycles. The second-order valence-corrected chi connectivity index (χ2v) is 8.82. The quantitative estimate of drug-likeness (QED) is 0.257. The van der Waals surface area contributed by atoms with Crippen molar-refractivity contribution in [2.24, 2.45) is 0 Å². The van der Waals surface area contributed by atoms with Gasteiger partial charge in [-0.05, 0) is 59.2 Å². The van der Waals surface area contributed by atoms with Crippen LogP contribution in [0.4, 0.5) is 13.2 Å². The van der Waals surface area contributed by atoms with E-state index in [2.05, 4.69) is 16.9 Å². The number of aryl methyl sites for hydroxylation is 3. The zero-order valence-corrected chi connectivity index (χ0v) is 19.4. The first-order valence-electron chi connectivity index (χ1n) is 11.8. The Labute approximate surface area is 202 Å². The van der Waals surface area contributed by atoms with Crippen molar-refractivity contribution >= 4 is 0 Å². The molecule has 2 heterocycles. The molecule has 1 saturated heterocycles. The highest BCUT2D eigenvalue weighted by Crippen LogP contribution is 2.33. The molecular weight excluding hydrogens is 449 g/mol. The molecule has 0 bridgehead atoms. The first kappa shape index (κ1) is 23.2. The van der Waals surface area contributed by atoms with Crippen molar-refractivity contribution in [3.8, 4) is 22.5 Å². The Bertz CT molecular complexity index is 1330. The monoisotopic (exact) mass is 474 g/mol. The van der Waals surface area contributed by atoms with Crippen molar-refractivity contribution in [1.82, 2.24) is 9.97 Å². The van der Waals surface area contributed by atoms with Crippen LogP contribution in [0.5, 0.6) is 0 Å². The lowest BCUT2D eigenvalue weighted by atomic mass is 9.98. The van der Waals surface area contributed by atoms with Gasteiger partial charge in [0.15, 0.2) is 17.5 Å². The molecule has 1 unspecified atom stereocenters. The molecule has 35 heavy (non-hydrogen) atoms. The molecular formula is C29H25F3N2O. The van der Waals surface area contributed by atoms with Crippen LogP contribution in [0.1, 0.15) is 41.7 Å². The Hall–Kier alpha value is -3.51. The molecule has 1 atom stereocenters. The van der Waals surface area contributed by atoms with Crippen molar-refractivity contribution in [3.05, 3.63) is 107 Å². The molecule has 1 aliphatic heterocycles. The lowest BCUT2D eigenvalue weighted by Crippen LogP contribution is -2.01. The summed E-state index contributed by atoms with van der Waals surface area (Å²) < 4.78 is 49.1. The average Bonchev–Trinajstić information content (AvgIpc) is 3.71. The number of epoxide rings is 1. The summed E-state index contributed by atoms with van der Waals surface area (Å²) in [7, 11) is 0. The first-order valence-corrected chi connectivity index (χ1v) is 11.8. The van der Waals surface area contributed by atoms with E-state index in [1.165, 1.54) is 12.1 Å². The minimum absolute atomic E-state index is 0.0603. The van der Waals surface area contributed by atoms with Gasteiger partial charge in [-0.25, -0.2) is 23.1 Å². The summed E-state index contributed by atoms with van der Waals surface area (Å²) in [6.45, 7) is 2.62. The second-order valence-electron chi connectivity index (χ2n) is 8.82. The van der Waals surface area contributed by atoms with Crippen LogP contribution < -0.4 is 0 Å². The Kier molecular flexibility index (Phi) is 6.64. The van der Waals surface area contributed by atoms with Gasteiger partial charge in [0, 0.05) is 18.0 Å². The molecule has 1 aliphatic rings. The summed E-state index contributed by atoms with van der Waals surface area (Å²) in [6.07, 6.45) is 5.90. The van der Waals surface area contributed by atoms with Gasteiger partial charge in [0.2, 0.25) is 0 Å². The standard InChI is InChI=1S/C29H25F3N2O/c1-2-3-19-15-33-29(34-16-19)24-13-10-21(27(31)28(24)32)9-6-18-4-7-20(8-5-18)22-11-12-23(25(30)14-22)26-17-35-26/h4-5,7-8,10-16,26H,2-3,6,9,17H2,1H3. The van der Waals surface area contributed by atoms with E-state index in [0.717, 1.165) is 35.1 Å². The molecule has 0 N–H and O–H groups in total. The molecule has 0 radical (unpaired) electrons. The van der Waals surface area contributed by atoms with Crippen LogP contribution in [-0.4, -0.2) is 16.6 Å². The van der Waals surface area contributed by atoms with Crippen molar-refractivity contribution in [2.75, 3.05) is 6.61 Å². The van der Waals surface area contributed by atoms with Gasteiger partial charge in [0.05, 0.1) is 12.2 Å². The lowest BCUT2D eigenvalue weighted by molar-refractivity contribution is 0.408. The number of hydrogen-bond donors (Lipinski definition) is 0. The number of rotatable bonds is 8. The van der Waals surface area contributed by atoms with E-state index in [9.17, 15) is 13.2 Å². The highest BCUT2D eigenvalue weighted by atomic mass is 19.2. The molecule has 0 amide bonds. The molecule has 3 aromatic carbocycles. The third-order valence-corrected chi connectivity index (χ3v) is 6.30. The Morgan fingerprint density at radius 2 is 1.51 bits per heavy atom. The van der Waals surface area contributed by atoms with Crippen LogP contribution in [0.25, 0.3) is 22.5 Å². The Morgan fingerprint density at radius 1 is 0.800 bits per heavy atom. The highest BCUT2D eigenvalue weighted by Gasteiger charge is 2.27. The fraction of sp³-hybridized carbons (Fsp3) is 0.241. The third-order valence-electron chi connectivity index (χ3n) is 6.30. The maximum atomic E-state index is 14.8. The topological polar surface area (TPSA) is 38.3 Å². The van der Waals surface area contributed by atoms with E-state index < -0.39 is 11.6 Å². The predicted molar refractivity (Wildman–Crippen MR) is 129 cm³/mol. The lowest BCUT2D eigenvalue weighted by Gasteiger charge is -2.09. The zero-order valence-electron chi connectivity index (χ0n) is 19.4. The number of benzene rings is 3. The number of hydrogen-bond acceptors (Lipinski definition) is 3. The van der Waals surface area contributed by atoms with Gasteiger partial charge in [-0.1, -0.05) is 55.8 Å². The van der Waals surface area contributed by atoms with E-state index in [-0.39, 0.29) is 23.3 Å². The molecule has 0 spiro atoms. The second kappa shape index (κ2) is 10.0. The summed E-state index contributed by atoms with van der Waals surface area (Å²) in [5.74, 6) is -1.88. The van der Waals surface area contributed by atoms with Crippen LogP contribution in [0.15, 0.2) is 67.0 Å². The van der Waals surface area contributed by atoms with Gasteiger partial charge in [-0.3, -0.25) is 0 Å². The summed E-state index contributed by atoms with van der Waals surface area (Å²) in [5.41, 5.74) is 4.58. The molecule has 6 heteroatoms. The van der Waals surface area contributed by atoms with Crippen LogP contribution in [-0.2, 0) is 24.0 Å². The minimum Gasteiger partial charge on any atom is -0.368 e. The van der Waals surface area contributed by atoms with E-state index in [1.807, 2.05) is 30.3 Å². The maximum Gasteiger partial charge on any atom is 0.170 e. The largest absolute Gasteiger partial charge is 0.368 e. The van der Waals surface area contributed by atoms with E-state index in [0.29, 0.717) is 30.6 Å². The summed E-state index contributed by atoms with van der Waals surface area (Å²) in [5, 5.41) is 0. The zero-order chi connectivity index (χ0) is 24.4. The van der Waals surface area contributed by atoms with Crippen molar-refractivity contribution in [2.45, 2.75) is 38.7 Å². The van der Waals surface area contributed by atoms with Gasteiger partial charge in [0.25, 0.3) is 0 Å². The van der Waals surface area contributed by atoms with E-state index in [4.69, 9.17) is 4.74 Å². The summed E-state index contributed by atoms with van der Waals surface area (Å²) >= 11 is 0. The van der Waals surface area contributed by atoms with Crippen molar-refractivity contribution in [3.63, 3.8) is 0 Å². The molecule has 3 nitrogen and oxygen atoms in total. The third kappa shape index (κ3) is 5.13. The SMILES string of the molecule is CCCc1cnc(-c2ccc(CCc3ccc(-c4ccc(C5CO5)c(F)c4)cc3)c(F)c2F)nc1. The molecule has 4 aromatic rings. The maximum absolute atomic E-state index is 14.8. The normalized spacial score (nSPS) is 14.8. The summed E-state index contributed by atoms with van der Waals surface area (Å²) in [4.78, 5) is 8.40. The van der Waals surface area contributed by atoms with Crippen LogP contribution in [0.3, 0.4) is 0 Å². The highest BCUT2D eigenvalue weighted by molar-refractivity contribution is 5.64. The fourth-order valence-electron chi connectivity index (χ4n) is 4.21. The summed E-state index contributed by atoms with van der Waals surface area (Å²) in [6, 6.07) is 16.0. The minimum atomic E-state index is -0.928. The number of aromatic nitrogens is 2. The van der Waals surface area contributed by atoms with Crippen molar-refractivity contribution in [1.29, 1.82) is 0 Å². The molecule has 1 fully saturated rings. The van der Waals surface area contributed by atoms with Gasteiger partial charge < -0.3 is 4.74 Å². The molecule has 178 valence electrons. The molecule has 1 aromatic heterocycles. The molecule has 0 saturated carbocycles. The van der Waals surface area contributed by atoms with Crippen LogP contribution >= 0.6 is 0 Å². The smallest absolute Gasteiger partial charge is 0.170 e. The number of nitrogens with zero attached hydrogens (tertiary/aromatic N) is 2. The van der Waals surface area contributed by atoms with Gasteiger partial charge in [-0.2, -0.15) is 0 Å².